The lowest BCUT2D eigenvalue weighted by Gasteiger charge is -2.05. The zero-order chi connectivity index (χ0) is 12.6. The number of rotatable bonds is 3. The number of aromatic carboxylic acids is 1. The fourth-order valence-corrected chi connectivity index (χ4v) is 2.17. The van der Waals surface area contributed by atoms with Gasteiger partial charge in [-0.1, -0.05) is 39.0 Å². The number of para-hydroxylation sites is 1. The van der Waals surface area contributed by atoms with Gasteiger partial charge in [0, 0.05) is 10.9 Å². The summed E-state index contributed by atoms with van der Waals surface area (Å²) < 4.78 is 5.54. The maximum atomic E-state index is 11.1. The van der Waals surface area contributed by atoms with Crippen molar-refractivity contribution in [1.82, 2.24) is 0 Å². The summed E-state index contributed by atoms with van der Waals surface area (Å²) in [6.07, 6.45) is 0.663. The Morgan fingerprint density at radius 2 is 2.12 bits per heavy atom. The number of benzene rings is 1. The maximum absolute atomic E-state index is 11.1. The van der Waals surface area contributed by atoms with E-state index in [4.69, 9.17) is 9.52 Å². The SMILES string of the molecule is CCc1c(C(=O)O)oc2c(C(C)C)cccc12. The highest BCUT2D eigenvalue weighted by molar-refractivity contribution is 5.96. The van der Waals surface area contributed by atoms with Crippen molar-refractivity contribution in [3.63, 3.8) is 0 Å². The first-order chi connectivity index (χ1) is 8.06. The van der Waals surface area contributed by atoms with Gasteiger partial charge in [0.15, 0.2) is 0 Å². The third-order valence-electron chi connectivity index (χ3n) is 3.02. The molecule has 0 aliphatic heterocycles. The van der Waals surface area contributed by atoms with E-state index in [9.17, 15) is 4.79 Å². The average molecular weight is 232 g/mol. The second-order valence-corrected chi connectivity index (χ2v) is 4.45. The van der Waals surface area contributed by atoms with Crippen LogP contribution in [0.15, 0.2) is 22.6 Å². The van der Waals surface area contributed by atoms with Crippen molar-refractivity contribution in [2.75, 3.05) is 0 Å². The van der Waals surface area contributed by atoms with Crippen LogP contribution in [0.5, 0.6) is 0 Å². The summed E-state index contributed by atoms with van der Waals surface area (Å²) in [6.45, 7) is 6.09. The standard InChI is InChI=1S/C14H16O3/c1-4-9-11-7-5-6-10(8(2)3)12(11)17-13(9)14(15)16/h5-8H,4H2,1-3H3,(H,15,16). The molecule has 1 aromatic carbocycles. The van der Waals surface area contributed by atoms with Gasteiger partial charge in [0.2, 0.25) is 5.76 Å². The lowest BCUT2D eigenvalue weighted by Crippen LogP contribution is -1.97. The van der Waals surface area contributed by atoms with Crippen LogP contribution in [-0.4, -0.2) is 11.1 Å². The normalized spacial score (nSPS) is 11.3. The number of carboxylic acid groups (broad SMARTS) is 1. The van der Waals surface area contributed by atoms with Gasteiger partial charge in [-0.25, -0.2) is 4.79 Å². The first kappa shape index (κ1) is 11.7. The number of fused-ring (bicyclic) bond motifs is 1. The number of hydrogen-bond donors (Lipinski definition) is 1. The van der Waals surface area contributed by atoms with Gasteiger partial charge in [-0.15, -0.1) is 0 Å². The first-order valence-corrected chi connectivity index (χ1v) is 5.83. The van der Waals surface area contributed by atoms with Crippen LogP contribution in [0.25, 0.3) is 11.0 Å². The Morgan fingerprint density at radius 3 is 2.65 bits per heavy atom. The molecule has 0 unspecified atom stereocenters. The third-order valence-corrected chi connectivity index (χ3v) is 3.02. The lowest BCUT2D eigenvalue weighted by molar-refractivity contribution is 0.0663. The fourth-order valence-electron chi connectivity index (χ4n) is 2.17. The van der Waals surface area contributed by atoms with E-state index in [1.165, 1.54) is 0 Å². The molecule has 0 aliphatic rings. The van der Waals surface area contributed by atoms with Crippen molar-refractivity contribution in [3.05, 3.63) is 35.1 Å². The van der Waals surface area contributed by atoms with Gasteiger partial charge in [0.25, 0.3) is 0 Å². The van der Waals surface area contributed by atoms with Crippen LogP contribution in [0.2, 0.25) is 0 Å². The molecule has 0 spiro atoms. The van der Waals surface area contributed by atoms with E-state index in [1.54, 1.807) is 0 Å². The van der Waals surface area contributed by atoms with Gasteiger partial charge in [-0.2, -0.15) is 0 Å². The molecule has 1 heterocycles. The Morgan fingerprint density at radius 1 is 1.41 bits per heavy atom. The van der Waals surface area contributed by atoms with Crippen LogP contribution in [0.4, 0.5) is 0 Å². The molecule has 2 aromatic rings. The van der Waals surface area contributed by atoms with Crippen molar-refractivity contribution in [3.8, 4) is 0 Å². The van der Waals surface area contributed by atoms with Crippen LogP contribution in [-0.2, 0) is 6.42 Å². The monoisotopic (exact) mass is 232 g/mol. The Labute approximate surface area is 100 Å². The summed E-state index contributed by atoms with van der Waals surface area (Å²) in [4.78, 5) is 11.1. The molecule has 0 radical (unpaired) electrons. The topological polar surface area (TPSA) is 50.4 Å². The molecule has 1 N–H and O–H groups in total. The van der Waals surface area contributed by atoms with Crippen molar-refractivity contribution in [2.45, 2.75) is 33.1 Å². The molecule has 0 atom stereocenters. The van der Waals surface area contributed by atoms with Crippen molar-refractivity contribution in [1.29, 1.82) is 0 Å². The molecule has 3 heteroatoms. The highest BCUT2D eigenvalue weighted by Gasteiger charge is 2.20. The largest absolute Gasteiger partial charge is 0.475 e. The zero-order valence-corrected chi connectivity index (χ0v) is 10.3. The van der Waals surface area contributed by atoms with Crippen molar-refractivity contribution >= 4 is 16.9 Å². The highest BCUT2D eigenvalue weighted by atomic mass is 16.4. The molecule has 3 nitrogen and oxygen atoms in total. The van der Waals surface area contributed by atoms with Crippen LogP contribution < -0.4 is 0 Å². The van der Waals surface area contributed by atoms with E-state index in [0.717, 1.165) is 22.1 Å². The van der Waals surface area contributed by atoms with Crippen LogP contribution in [0.1, 0.15) is 48.4 Å². The van der Waals surface area contributed by atoms with E-state index in [0.29, 0.717) is 12.3 Å². The molecule has 2 rings (SSSR count). The quantitative estimate of drug-likeness (QED) is 0.875. The smallest absolute Gasteiger partial charge is 0.372 e. The summed E-state index contributed by atoms with van der Waals surface area (Å²) in [5.74, 6) is -0.598. The molecule has 0 saturated heterocycles. The first-order valence-electron chi connectivity index (χ1n) is 5.83. The predicted molar refractivity (Wildman–Crippen MR) is 66.6 cm³/mol. The van der Waals surface area contributed by atoms with E-state index >= 15 is 0 Å². The summed E-state index contributed by atoms with van der Waals surface area (Å²) in [5.41, 5.74) is 2.57. The Hall–Kier alpha value is -1.77. The molecule has 0 saturated carbocycles. The number of aryl methyl sites for hydroxylation is 1. The predicted octanol–water partition coefficient (Wildman–Crippen LogP) is 3.82. The van der Waals surface area contributed by atoms with Gasteiger partial charge in [0.1, 0.15) is 5.58 Å². The Bertz CT molecular complexity index is 564. The van der Waals surface area contributed by atoms with Crippen molar-refractivity contribution < 1.29 is 14.3 Å². The van der Waals surface area contributed by atoms with E-state index in [-0.39, 0.29) is 5.76 Å². The van der Waals surface area contributed by atoms with Gasteiger partial charge in [-0.05, 0) is 17.9 Å². The fraction of sp³-hybridized carbons (Fsp3) is 0.357. The zero-order valence-electron chi connectivity index (χ0n) is 10.3. The third kappa shape index (κ3) is 1.82. The molecule has 0 aliphatic carbocycles. The summed E-state index contributed by atoms with van der Waals surface area (Å²) in [7, 11) is 0. The minimum absolute atomic E-state index is 0.0793. The number of hydrogen-bond acceptors (Lipinski definition) is 2. The van der Waals surface area contributed by atoms with Crippen LogP contribution >= 0.6 is 0 Å². The highest BCUT2D eigenvalue weighted by Crippen LogP contribution is 2.32. The number of carboxylic acids is 1. The lowest BCUT2D eigenvalue weighted by atomic mass is 9.99. The summed E-state index contributed by atoms with van der Waals surface area (Å²) in [6, 6.07) is 5.87. The van der Waals surface area contributed by atoms with Gasteiger partial charge >= 0.3 is 5.97 Å². The van der Waals surface area contributed by atoms with Crippen LogP contribution in [0.3, 0.4) is 0 Å². The summed E-state index contributed by atoms with van der Waals surface area (Å²) >= 11 is 0. The Kier molecular flexibility index (Phi) is 2.92. The molecule has 17 heavy (non-hydrogen) atoms. The number of carbonyl (C=O) groups is 1. The molecule has 90 valence electrons. The van der Waals surface area contributed by atoms with Gasteiger partial charge in [-0.3, -0.25) is 0 Å². The minimum Gasteiger partial charge on any atom is -0.475 e. The minimum atomic E-state index is -0.993. The van der Waals surface area contributed by atoms with E-state index in [2.05, 4.69) is 13.8 Å². The van der Waals surface area contributed by atoms with Crippen molar-refractivity contribution in [2.24, 2.45) is 0 Å². The van der Waals surface area contributed by atoms with Gasteiger partial charge < -0.3 is 9.52 Å². The average Bonchev–Trinajstić information content (AvgIpc) is 2.66. The molecular formula is C14H16O3. The summed E-state index contributed by atoms with van der Waals surface area (Å²) in [5, 5.41) is 10.1. The van der Waals surface area contributed by atoms with Gasteiger partial charge in [0.05, 0.1) is 0 Å². The maximum Gasteiger partial charge on any atom is 0.372 e. The van der Waals surface area contributed by atoms with E-state index in [1.807, 2.05) is 25.1 Å². The molecule has 0 amide bonds. The van der Waals surface area contributed by atoms with E-state index < -0.39 is 5.97 Å². The Balaban J connectivity index is 2.81. The number of furan rings is 1. The molecule has 0 fully saturated rings. The molecule has 1 aromatic heterocycles. The van der Waals surface area contributed by atoms with Crippen LogP contribution in [0, 0.1) is 0 Å². The molecule has 0 bridgehead atoms. The second-order valence-electron chi connectivity index (χ2n) is 4.45. The molecular weight excluding hydrogens is 216 g/mol. The second kappa shape index (κ2) is 4.24.